The summed E-state index contributed by atoms with van der Waals surface area (Å²) in [7, 11) is 3.20. The lowest BCUT2D eigenvalue weighted by atomic mass is 9.72. The Morgan fingerprint density at radius 2 is 1.88 bits per heavy atom. The number of pyridine rings is 1. The molecule has 8 heteroatoms. The molecule has 2 aliphatic carbocycles. The van der Waals surface area contributed by atoms with E-state index in [1.807, 2.05) is 17.0 Å². The molecule has 3 heterocycles. The number of nitrogens with zero attached hydrogens (tertiary/aromatic N) is 3. The van der Waals surface area contributed by atoms with Crippen molar-refractivity contribution in [3.05, 3.63) is 76.7 Å². The summed E-state index contributed by atoms with van der Waals surface area (Å²) in [5.41, 5.74) is 5.02. The number of amides is 1. The third-order valence-electron chi connectivity index (χ3n) is 9.87. The number of esters is 1. The van der Waals surface area contributed by atoms with Crippen molar-refractivity contribution in [2.45, 2.75) is 71.1 Å². The zero-order valence-corrected chi connectivity index (χ0v) is 25.8. The Kier molecular flexibility index (Phi) is 8.46. The molecule has 1 amide bonds. The molecular formula is C35H43N3O5. The fourth-order valence-corrected chi connectivity index (χ4v) is 7.16. The lowest BCUT2D eigenvalue weighted by molar-refractivity contribution is -0.146. The molecule has 3 atom stereocenters. The summed E-state index contributed by atoms with van der Waals surface area (Å²) < 4.78 is 16.8. The van der Waals surface area contributed by atoms with Gasteiger partial charge in [0.1, 0.15) is 17.7 Å². The van der Waals surface area contributed by atoms with Crippen LogP contribution in [0.5, 0.6) is 0 Å². The molecule has 1 aromatic carbocycles. The first kappa shape index (κ1) is 29.3. The van der Waals surface area contributed by atoms with Gasteiger partial charge >= 0.3 is 12.1 Å². The second-order valence-electron chi connectivity index (χ2n) is 12.5. The number of aryl methyl sites for hydroxylation is 1. The Labute approximate surface area is 254 Å². The van der Waals surface area contributed by atoms with Crippen LogP contribution in [0.15, 0.2) is 54.3 Å². The van der Waals surface area contributed by atoms with Gasteiger partial charge in [-0.1, -0.05) is 35.9 Å². The number of carbonyl (C=O) groups is 2. The zero-order chi connectivity index (χ0) is 30.1. The molecule has 2 saturated heterocycles. The summed E-state index contributed by atoms with van der Waals surface area (Å²) >= 11 is 0. The predicted molar refractivity (Wildman–Crippen MR) is 165 cm³/mol. The SMILES string of the molecule is COC(=O)C1CCC(C2C=C(c3ccc(N4CCC4)nc3CN3C(=O)O[C@H](c4cccc(C)c4)[C@@H]3C)C(OC)=CC2)CC1. The normalized spacial score (nSPS) is 27.2. The van der Waals surface area contributed by atoms with Gasteiger partial charge in [-0.2, -0.15) is 0 Å². The fraction of sp³-hybridized carbons (Fsp3) is 0.514. The zero-order valence-electron chi connectivity index (χ0n) is 25.8. The lowest BCUT2D eigenvalue weighted by Crippen LogP contribution is -2.38. The van der Waals surface area contributed by atoms with E-state index in [1.165, 1.54) is 7.11 Å². The quantitative estimate of drug-likeness (QED) is 0.323. The number of ether oxygens (including phenoxy) is 3. The van der Waals surface area contributed by atoms with Gasteiger partial charge in [0.2, 0.25) is 0 Å². The van der Waals surface area contributed by atoms with E-state index in [1.54, 1.807) is 7.11 Å². The molecule has 0 spiro atoms. The van der Waals surface area contributed by atoms with E-state index >= 15 is 0 Å². The third-order valence-corrected chi connectivity index (χ3v) is 9.87. The minimum Gasteiger partial charge on any atom is -0.496 e. The molecule has 0 bridgehead atoms. The number of aromatic nitrogens is 1. The van der Waals surface area contributed by atoms with E-state index in [-0.39, 0.29) is 30.1 Å². The van der Waals surface area contributed by atoms with Gasteiger partial charge in [-0.15, -0.1) is 0 Å². The average Bonchev–Trinajstić information content (AvgIpc) is 3.28. The maximum absolute atomic E-state index is 13.3. The summed E-state index contributed by atoms with van der Waals surface area (Å²) in [5, 5.41) is 0. The van der Waals surface area contributed by atoms with Crippen LogP contribution in [0.2, 0.25) is 0 Å². The minimum absolute atomic E-state index is 0.00838. The van der Waals surface area contributed by atoms with Gasteiger partial charge in [0, 0.05) is 24.2 Å². The van der Waals surface area contributed by atoms with Crippen LogP contribution in [0.25, 0.3) is 5.57 Å². The fourth-order valence-electron chi connectivity index (χ4n) is 7.16. The second kappa shape index (κ2) is 12.4. The Morgan fingerprint density at radius 3 is 2.56 bits per heavy atom. The molecule has 1 unspecified atom stereocenters. The molecule has 6 rings (SSSR count). The second-order valence-corrected chi connectivity index (χ2v) is 12.5. The highest BCUT2D eigenvalue weighted by Gasteiger charge is 2.41. The van der Waals surface area contributed by atoms with Crippen molar-refractivity contribution in [2.24, 2.45) is 17.8 Å². The number of carbonyl (C=O) groups excluding carboxylic acids is 2. The number of hydrogen-bond donors (Lipinski definition) is 0. The highest BCUT2D eigenvalue weighted by Crippen LogP contribution is 2.42. The van der Waals surface area contributed by atoms with E-state index in [0.717, 1.165) is 91.1 Å². The van der Waals surface area contributed by atoms with Crippen molar-refractivity contribution in [1.82, 2.24) is 9.88 Å². The summed E-state index contributed by atoms with van der Waals surface area (Å²) in [6, 6.07) is 12.3. The first-order valence-corrected chi connectivity index (χ1v) is 15.7. The number of cyclic esters (lactones) is 1. The van der Waals surface area contributed by atoms with Crippen molar-refractivity contribution in [1.29, 1.82) is 0 Å². The largest absolute Gasteiger partial charge is 0.496 e. The van der Waals surface area contributed by atoms with E-state index in [0.29, 0.717) is 18.4 Å². The Bertz CT molecular complexity index is 1420. The topological polar surface area (TPSA) is 81.2 Å². The van der Waals surface area contributed by atoms with Crippen LogP contribution < -0.4 is 4.90 Å². The highest BCUT2D eigenvalue weighted by molar-refractivity contribution is 5.80. The number of allylic oxidation sites excluding steroid dienone is 3. The van der Waals surface area contributed by atoms with E-state index in [2.05, 4.69) is 55.2 Å². The molecule has 3 fully saturated rings. The molecule has 1 aromatic heterocycles. The summed E-state index contributed by atoms with van der Waals surface area (Å²) in [6.07, 6.45) is 9.70. The first-order chi connectivity index (χ1) is 20.9. The molecule has 8 nitrogen and oxygen atoms in total. The summed E-state index contributed by atoms with van der Waals surface area (Å²) in [5.74, 6) is 2.54. The van der Waals surface area contributed by atoms with Crippen molar-refractivity contribution in [3.8, 4) is 0 Å². The molecule has 228 valence electrons. The lowest BCUT2D eigenvalue weighted by Gasteiger charge is -2.34. The van der Waals surface area contributed by atoms with Gasteiger partial charge in [0.25, 0.3) is 0 Å². The number of hydrogen-bond acceptors (Lipinski definition) is 7. The molecular weight excluding hydrogens is 542 g/mol. The molecule has 2 aliphatic heterocycles. The number of benzene rings is 1. The smallest absolute Gasteiger partial charge is 0.411 e. The van der Waals surface area contributed by atoms with Crippen LogP contribution in [0, 0.1) is 24.7 Å². The number of methoxy groups -OCH3 is 2. The maximum atomic E-state index is 13.3. The van der Waals surface area contributed by atoms with Crippen LogP contribution in [0.4, 0.5) is 10.6 Å². The van der Waals surface area contributed by atoms with E-state index in [9.17, 15) is 9.59 Å². The van der Waals surface area contributed by atoms with Crippen molar-refractivity contribution >= 4 is 23.5 Å². The average molecular weight is 586 g/mol. The minimum atomic E-state index is -0.331. The molecule has 0 N–H and O–H groups in total. The van der Waals surface area contributed by atoms with Crippen molar-refractivity contribution < 1.29 is 23.8 Å². The Hall–Kier alpha value is -3.81. The van der Waals surface area contributed by atoms with Gasteiger partial charge < -0.3 is 19.1 Å². The van der Waals surface area contributed by atoms with Crippen LogP contribution in [-0.2, 0) is 25.5 Å². The van der Waals surface area contributed by atoms with Gasteiger partial charge in [-0.05, 0) is 88.0 Å². The maximum Gasteiger partial charge on any atom is 0.411 e. The Balaban J connectivity index is 1.30. The van der Waals surface area contributed by atoms with Gasteiger partial charge in [0.05, 0.1) is 38.4 Å². The first-order valence-electron chi connectivity index (χ1n) is 15.7. The standard InChI is InChI=1S/C35H43N3O5/c1-22-7-5-8-27(19-22)33-23(2)38(35(40)43-33)21-30-28(14-16-32(36-30)37-17-6-18-37)29-20-26(13-15-31(29)41-3)24-9-11-25(12-10-24)34(39)42-4/h5,7-8,14-16,19-20,23-26,33H,6,9-13,17-18,21H2,1-4H3/t23-,24?,25?,26?,33-/m0/s1. The van der Waals surface area contributed by atoms with Crippen LogP contribution in [-0.4, -0.2) is 55.3 Å². The van der Waals surface area contributed by atoms with Crippen molar-refractivity contribution in [2.75, 3.05) is 32.2 Å². The predicted octanol–water partition coefficient (Wildman–Crippen LogP) is 6.60. The number of rotatable bonds is 8. The molecule has 1 saturated carbocycles. The monoisotopic (exact) mass is 585 g/mol. The Morgan fingerprint density at radius 1 is 1.09 bits per heavy atom. The van der Waals surface area contributed by atoms with Gasteiger partial charge in [-0.25, -0.2) is 9.78 Å². The molecule has 4 aliphatic rings. The molecule has 2 aromatic rings. The van der Waals surface area contributed by atoms with Crippen LogP contribution >= 0.6 is 0 Å². The van der Waals surface area contributed by atoms with Crippen LogP contribution in [0.3, 0.4) is 0 Å². The summed E-state index contributed by atoms with van der Waals surface area (Å²) in [4.78, 5) is 34.6. The highest BCUT2D eigenvalue weighted by atomic mass is 16.6. The molecule has 43 heavy (non-hydrogen) atoms. The van der Waals surface area contributed by atoms with Crippen LogP contribution in [0.1, 0.15) is 73.9 Å². The number of anilines is 1. The van der Waals surface area contributed by atoms with Crippen molar-refractivity contribution in [3.63, 3.8) is 0 Å². The van der Waals surface area contributed by atoms with E-state index < -0.39 is 0 Å². The van der Waals surface area contributed by atoms with Gasteiger partial charge in [-0.3, -0.25) is 9.69 Å². The third kappa shape index (κ3) is 5.89. The molecule has 0 radical (unpaired) electrons. The summed E-state index contributed by atoms with van der Waals surface area (Å²) in [6.45, 7) is 6.44. The van der Waals surface area contributed by atoms with E-state index in [4.69, 9.17) is 19.2 Å². The van der Waals surface area contributed by atoms with Gasteiger partial charge in [0.15, 0.2) is 0 Å².